The van der Waals surface area contributed by atoms with Crippen molar-refractivity contribution in [2.75, 3.05) is 0 Å². The number of rotatable bonds is 6. The molecule has 0 saturated heterocycles. The van der Waals surface area contributed by atoms with Crippen LogP contribution in [0.4, 0.5) is 0 Å². The fourth-order valence-electron chi connectivity index (χ4n) is 6.04. The summed E-state index contributed by atoms with van der Waals surface area (Å²) in [4.78, 5) is 0. The van der Waals surface area contributed by atoms with E-state index >= 15 is 0 Å². The lowest BCUT2D eigenvalue weighted by molar-refractivity contribution is 1.54. The Labute approximate surface area is 248 Å². The Bertz CT molecular complexity index is 1950. The van der Waals surface area contributed by atoms with Crippen LogP contribution in [0.3, 0.4) is 0 Å². The van der Waals surface area contributed by atoms with Gasteiger partial charge in [-0.2, -0.15) is 0 Å². The lowest BCUT2D eigenvalue weighted by atomic mass is 9.83. The molecular formula is C42H30. The van der Waals surface area contributed by atoms with Crippen LogP contribution in [0.15, 0.2) is 182 Å². The van der Waals surface area contributed by atoms with Crippen LogP contribution >= 0.6 is 0 Å². The highest BCUT2D eigenvalue weighted by molar-refractivity contribution is 6.01. The molecule has 0 atom stereocenters. The summed E-state index contributed by atoms with van der Waals surface area (Å²) in [6.07, 6.45) is 0. The lowest BCUT2D eigenvalue weighted by Crippen LogP contribution is -1.94. The van der Waals surface area contributed by atoms with E-state index in [1.165, 1.54) is 66.8 Å². The van der Waals surface area contributed by atoms with Crippen molar-refractivity contribution in [1.82, 2.24) is 0 Å². The van der Waals surface area contributed by atoms with Gasteiger partial charge in [0.05, 0.1) is 0 Å². The van der Waals surface area contributed by atoms with E-state index in [1.54, 1.807) is 0 Å². The minimum Gasteiger partial charge on any atom is -0.0622 e. The molecule has 198 valence electrons. The SMILES string of the molecule is c1ccc(-c2ccccc2-c2ccccc2-c2ccccc2-c2cccc(-c3ccccc3)c2-c2ccccc2)cc1. The Morgan fingerprint density at radius 2 is 0.452 bits per heavy atom. The van der Waals surface area contributed by atoms with Gasteiger partial charge in [0.2, 0.25) is 0 Å². The second-order valence-electron chi connectivity index (χ2n) is 10.5. The molecule has 0 saturated carbocycles. The van der Waals surface area contributed by atoms with Crippen LogP contribution in [0, 0.1) is 0 Å². The molecule has 7 rings (SSSR count). The van der Waals surface area contributed by atoms with Crippen molar-refractivity contribution in [1.29, 1.82) is 0 Å². The minimum absolute atomic E-state index is 1.21. The molecule has 0 amide bonds. The molecule has 0 fully saturated rings. The van der Waals surface area contributed by atoms with Gasteiger partial charge in [-0.25, -0.2) is 0 Å². The second kappa shape index (κ2) is 11.6. The molecular weight excluding hydrogens is 504 g/mol. The molecule has 0 aliphatic rings. The van der Waals surface area contributed by atoms with Crippen LogP contribution in [-0.2, 0) is 0 Å². The third-order valence-electron chi connectivity index (χ3n) is 7.95. The predicted octanol–water partition coefficient (Wildman–Crippen LogP) is 11.7. The van der Waals surface area contributed by atoms with Crippen molar-refractivity contribution in [2.24, 2.45) is 0 Å². The Morgan fingerprint density at radius 3 is 0.929 bits per heavy atom. The largest absolute Gasteiger partial charge is 0.0622 e. The van der Waals surface area contributed by atoms with Crippen LogP contribution in [0.5, 0.6) is 0 Å². The van der Waals surface area contributed by atoms with E-state index in [1.807, 2.05) is 0 Å². The van der Waals surface area contributed by atoms with Gasteiger partial charge >= 0.3 is 0 Å². The summed E-state index contributed by atoms with van der Waals surface area (Å²) in [5, 5.41) is 0. The Kier molecular flexibility index (Phi) is 7.02. The summed E-state index contributed by atoms with van der Waals surface area (Å²) in [6, 6.07) is 65.3. The molecule has 0 spiro atoms. The van der Waals surface area contributed by atoms with Gasteiger partial charge in [-0.15, -0.1) is 0 Å². The molecule has 0 heterocycles. The van der Waals surface area contributed by atoms with E-state index in [0.29, 0.717) is 0 Å². The quantitative estimate of drug-likeness (QED) is 0.199. The maximum absolute atomic E-state index is 2.27. The van der Waals surface area contributed by atoms with Gasteiger partial charge in [-0.1, -0.05) is 182 Å². The molecule has 0 unspecified atom stereocenters. The molecule has 0 aliphatic carbocycles. The van der Waals surface area contributed by atoms with E-state index in [2.05, 4.69) is 182 Å². The summed E-state index contributed by atoms with van der Waals surface area (Å²) in [6.45, 7) is 0. The molecule has 0 heteroatoms. The van der Waals surface area contributed by atoms with Crippen LogP contribution in [-0.4, -0.2) is 0 Å². The molecule has 7 aromatic rings. The number of hydrogen-bond acceptors (Lipinski definition) is 0. The van der Waals surface area contributed by atoms with E-state index in [0.717, 1.165) is 0 Å². The van der Waals surface area contributed by atoms with Crippen molar-refractivity contribution >= 4 is 0 Å². The van der Waals surface area contributed by atoms with Gasteiger partial charge in [0.15, 0.2) is 0 Å². The second-order valence-corrected chi connectivity index (χ2v) is 10.5. The number of benzene rings is 7. The van der Waals surface area contributed by atoms with Crippen LogP contribution in [0.1, 0.15) is 0 Å². The summed E-state index contributed by atoms with van der Waals surface area (Å²) < 4.78 is 0. The van der Waals surface area contributed by atoms with Gasteiger partial charge in [0, 0.05) is 0 Å². The molecule has 0 nitrogen and oxygen atoms in total. The smallest absolute Gasteiger partial charge is 0.00266 e. The van der Waals surface area contributed by atoms with Gasteiger partial charge < -0.3 is 0 Å². The van der Waals surface area contributed by atoms with E-state index in [9.17, 15) is 0 Å². The highest BCUT2D eigenvalue weighted by atomic mass is 14.2. The van der Waals surface area contributed by atoms with Gasteiger partial charge in [-0.05, 0) is 66.8 Å². The average Bonchev–Trinajstić information content (AvgIpc) is 3.09. The Morgan fingerprint density at radius 1 is 0.167 bits per heavy atom. The first-order chi connectivity index (χ1) is 20.9. The Hall–Kier alpha value is -5.46. The van der Waals surface area contributed by atoms with Crippen molar-refractivity contribution in [2.45, 2.75) is 0 Å². The molecule has 7 aromatic carbocycles. The normalized spacial score (nSPS) is 10.9. The molecule has 0 aliphatic heterocycles. The number of hydrogen-bond donors (Lipinski definition) is 0. The van der Waals surface area contributed by atoms with Crippen molar-refractivity contribution in [3.05, 3.63) is 182 Å². The maximum Gasteiger partial charge on any atom is -0.00266 e. The van der Waals surface area contributed by atoms with Crippen LogP contribution in [0.2, 0.25) is 0 Å². The van der Waals surface area contributed by atoms with Crippen molar-refractivity contribution in [3.63, 3.8) is 0 Å². The summed E-state index contributed by atoms with van der Waals surface area (Å²) in [7, 11) is 0. The van der Waals surface area contributed by atoms with E-state index in [4.69, 9.17) is 0 Å². The zero-order chi connectivity index (χ0) is 28.1. The van der Waals surface area contributed by atoms with Gasteiger partial charge in [0.1, 0.15) is 0 Å². The first-order valence-electron chi connectivity index (χ1n) is 14.5. The molecule has 0 bridgehead atoms. The highest BCUT2D eigenvalue weighted by Crippen LogP contribution is 2.45. The van der Waals surface area contributed by atoms with E-state index < -0.39 is 0 Å². The molecule has 42 heavy (non-hydrogen) atoms. The third-order valence-corrected chi connectivity index (χ3v) is 7.95. The summed E-state index contributed by atoms with van der Waals surface area (Å²) in [5.74, 6) is 0. The monoisotopic (exact) mass is 534 g/mol. The molecule has 0 aromatic heterocycles. The zero-order valence-electron chi connectivity index (χ0n) is 23.3. The first-order valence-corrected chi connectivity index (χ1v) is 14.5. The maximum atomic E-state index is 2.27. The highest BCUT2D eigenvalue weighted by Gasteiger charge is 2.19. The van der Waals surface area contributed by atoms with Crippen molar-refractivity contribution in [3.8, 4) is 66.8 Å². The zero-order valence-corrected chi connectivity index (χ0v) is 23.3. The van der Waals surface area contributed by atoms with Gasteiger partial charge in [0.25, 0.3) is 0 Å². The average molecular weight is 535 g/mol. The van der Waals surface area contributed by atoms with E-state index in [-0.39, 0.29) is 0 Å². The van der Waals surface area contributed by atoms with Crippen LogP contribution < -0.4 is 0 Å². The third kappa shape index (κ3) is 4.85. The molecule has 0 radical (unpaired) electrons. The fraction of sp³-hybridized carbons (Fsp3) is 0. The first kappa shape index (κ1) is 25.5. The minimum atomic E-state index is 1.21. The fourth-order valence-corrected chi connectivity index (χ4v) is 6.04. The van der Waals surface area contributed by atoms with Crippen molar-refractivity contribution < 1.29 is 0 Å². The predicted molar refractivity (Wildman–Crippen MR) is 179 cm³/mol. The standard InChI is InChI=1S/C42H30/c1-4-17-31(18-5-1)34-23-10-11-24-36(34)37-25-12-13-26-38(37)39-27-14-15-28-40(39)41-30-16-29-35(32-19-6-2-7-20-32)42(41)33-21-8-3-9-22-33/h1-30H. The summed E-state index contributed by atoms with van der Waals surface area (Å²) in [5.41, 5.74) is 14.7. The molecule has 0 N–H and O–H groups in total. The van der Waals surface area contributed by atoms with Crippen LogP contribution in [0.25, 0.3) is 66.8 Å². The Balaban J connectivity index is 1.47. The summed E-state index contributed by atoms with van der Waals surface area (Å²) >= 11 is 0. The van der Waals surface area contributed by atoms with Gasteiger partial charge in [-0.3, -0.25) is 0 Å². The topological polar surface area (TPSA) is 0 Å². The lowest BCUT2D eigenvalue weighted by Gasteiger charge is -2.20.